The van der Waals surface area contributed by atoms with Crippen LogP contribution in [0.15, 0.2) is 0 Å². The van der Waals surface area contributed by atoms with Crippen LogP contribution >= 0.6 is 0 Å². The molecule has 0 aromatic carbocycles. The summed E-state index contributed by atoms with van der Waals surface area (Å²) in [5.41, 5.74) is -0.173. The molecule has 0 heterocycles. The lowest BCUT2D eigenvalue weighted by Gasteiger charge is -2.20. The molecule has 0 aromatic rings. The van der Waals surface area contributed by atoms with Gasteiger partial charge in [0.2, 0.25) is 5.91 Å². The topological polar surface area (TPSA) is 179 Å². The van der Waals surface area contributed by atoms with E-state index in [0.29, 0.717) is 19.3 Å². The lowest BCUT2D eigenvalue weighted by molar-refractivity contribution is -0.191. The molecule has 0 saturated heterocycles. The number of hydrogen-bond donors (Lipinski definition) is 5. The highest BCUT2D eigenvalue weighted by Crippen LogP contribution is 2.12. The number of carboxylic acids is 2. The molecular weight excluding hydrogens is 458 g/mol. The number of carbonyl (C=O) groups excluding carboxylic acids is 4. The van der Waals surface area contributed by atoms with Gasteiger partial charge >= 0.3 is 24.1 Å². The molecule has 0 saturated carbocycles. The quantitative estimate of drug-likeness (QED) is 0.178. The van der Waals surface area contributed by atoms with E-state index in [1.165, 1.54) is 0 Å². The van der Waals surface area contributed by atoms with Crippen LogP contribution in [0.1, 0.15) is 104 Å². The van der Waals surface area contributed by atoms with E-state index < -0.39 is 24.0 Å². The molecule has 5 N–H and O–H groups in total. The number of aliphatic carboxylic acids is 2. The molecule has 1 atom stereocenters. The molecule has 202 valence electrons. The molecule has 0 unspecified atom stereocenters. The van der Waals surface area contributed by atoms with Gasteiger partial charge < -0.3 is 26.2 Å². The molecule has 0 radical (unpaired) electrons. The second kappa shape index (κ2) is 21.6. The Morgan fingerprint density at radius 2 is 1.26 bits per heavy atom. The summed E-state index contributed by atoms with van der Waals surface area (Å²) in [6, 6.07) is -1.52. The van der Waals surface area contributed by atoms with Gasteiger partial charge in [-0.25, -0.2) is 9.59 Å². The maximum atomic E-state index is 11.7. The highest BCUT2D eigenvalue weighted by molar-refractivity contribution is 5.82. The Kier molecular flexibility index (Phi) is 21.1. The Labute approximate surface area is 207 Å². The Bertz CT molecular complexity index is 656. The van der Waals surface area contributed by atoms with Gasteiger partial charge in [0.25, 0.3) is 0 Å². The van der Waals surface area contributed by atoms with E-state index in [2.05, 4.69) is 16.0 Å². The SMILES string of the molecule is CC(C)(C)NC(=O)CCCCCCCCCCC[C@H](NC(=O)NCCCC(=O)O)C(=O)O.O=C=O. The number of amides is 3. The van der Waals surface area contributed by atoms with Gasteiger partial charge in [-0.3, -0.25) is 9.59 Å². The fraction of sp³-hybridized carbons (Fsp3) is 0.792. The molecule has 0 aliphatic carbocycles. The summed E-state index contributed by atoms with van der Waals surface area (Å²) in [4.78, 5) is 61.4. The first kappa shape index (κ1) is 34.2. The maximum absolute atomic E-state index is 11.7. The van der Waals surface area contributed by atoms with E-state index in [1.54, 1.807) is 0 Å². The van der Waals surface area contributed by atoms with Gasteiger partial charge in [0.05, 0.1) is 0 Å². The molecule has 11 heteroatoms. The Balaban J connectivity index is 0. The summed E-state index contributed by atoms with van der Waals surface area (Å²) < 4.78 is 0. The lowest BCUT2D eigenvalue weighted by atomic mass is 10.0. The zero-order valence-corrected chi connectivity index (χ0v) is 21.3. The molecule has 11 nitrogen and oxygen atoms in total. The molecule has 35 heavy (non-hydrogen) atoms. The molecule has 0 aromatic heterocycles. The normalized spacial score (nSPS) is 11.3. The molecule has 0 rings (SSSR count). The zero-order chi connectivity index (χ0) is 27.1. The van der Waals surface area contributed by atoms with E-state index >= 15 is 0 Å². The molecule has 3 amide bonds. The van der Waals surface area contributed by atoms with Gasteiger partial charge in [-0.2, -0.15) is 9.59 Å². The molecule has 0 aliphatic heterocycles. The van der Waals surface area contributed by atoms with Crippen LogP contribution in [-0.4, -0.2) is 58.4 Å². The van der Waals surface area contributed by atoms with Crippen LogP contribution in [-0.2, 0) is 24.0 Å². The Morgan fingerprint density at radius 3 is 1.71 bits per heavy atom. The van der Waals surface area contributed by atoms with Crippen molar-refractivity contribution >= 4 is 30.0 Å². The maximum Gasteiger partial charge on any atom is 0.373 e. The highest BCUT2D eigenvalue weighted by Gasteiger charge is 2.19. The van der Waals surface area contributed by atoms with Crippen molar-refractivity contribution in [3.8, 4) is 0 Å². The van der Waals surface area contributed by atoms with Crippen molar-refractivity contribution in [3.63, 3.8) is 0 Å². The summed E-state index contributed by atoms with van der Waals surface area (Å²) in [7, 11) is 0. The number of carboxylic acid groups (broad SMARTS) is 2. The standard InChI is InChI=1S/C23H43N3O6.CO2/c1-23(2,3)26-19(27)15-12-10-8-6-4-5-7-9-11-14-18(21(30)31)25-22(32)24-17-13-16-20(28)29;2-1-3/h18H,4-17H2,1-3H3,(H,26,27)(H,28,29)(H,30,31)(H2,24,25,32);/t18-;/m0./s1. The van der Waals surface area contributed by atoms with Crippen LogP contribution in [0.4, 0.5) is 4.79 Å². The number of rotatable bonds is 18. The Hall–Kier alpha value is -2.94. The van der Waals surface area contributed by atoms with Crippen molar-refractivity contribution < 1.29 is 39.0 Å². The van der Waals surface area contributed by atoms with Crippen LogP contribution in [0, 0.1) is 0 Å². The first-order chi connectivity index (χ1) is 16.4. The number of unbranched alkanes of at least 4 members (excludes halogenated alkanes) is 8. The Morgan fingerprint density at radius 1 is 0.771 bits per heavy atom. The lowest BCUT2D eigenvalue weighted by Crippen LogP contribution is -2.46. The number of hydrogen-bond acceptors (Lipinski definition) is 6. The van der Waals surface area contributed by atoms with Gasteiger partial charge in [0.15, 0.2) is 0 Å². The van der Waals surface area contributed by atoms with Crippen LogP contribution < -0.4 is 16.0 Å². The third kappa shape index (κ3) is 27.2. The minimum Gasteiger partial charge on any atom is -0.481 e. The number of urea groups is 1. The average Bonchev–Trinajstić information content (AvgIpc) is 2.73. The predicted octanol–water partition coefficient (Wildman–Crippen LogP) is 3.23. The van der Waals surface area contributed by atoms with Crippen molar-refractivity contribution in [1.82, 2.24) is 16.0 Å². The van der Waals surface area contributed by atoms with E-state index in [9.17, 15) is 24.3 Å². The minimum absolute atomic E-state index is 0.0444. The van der Waals surface area contributed by atoms with Gasteiger partial charge in [0.1, 0.15) is 6.04 Å². The van der Waals surface area contributed by atoms with Crippen molar-refractivity contribution in [1.29, 1.82) is 0 Å². The first-order valence-corrected chi connectivity index (χ1v) is 12.2. The van der Waals surface area contributed by atoms with Crippen molar-refractivity contribution in [2.75, 3.05) is 6.54 Å². The van der Waals surface area contributed by atoms with E-state index in [-0.39, 0.29) is 30.6 Å². The summed E-state index contributed by atoms with van der Waals surface area (Å²) in [6.07, 6.45) is 10.6. The summed E-state index contributed by atoms with van der Waals surface area (Å²) in [5, 5.41) is 25.7. The molecule has 0 spiro atoms. The summed E-state index contributed by atoms with van der Waals surface area (Å²) in [5.74, 6) is -1.89. The molecule has 0 fully saturated rings. The first-order valence-electron chi connectivity index (χ1n) is 12.2. The van der Waals surface area contributed by atoms with Gasteiger partial charge in [-0.1, -0.05) is 51.4 Å². The fourth-order valence-electron chi connectivity index (χ4n) is 3.26. The largest absolute Gasteiger partial charge is 0.481 e. The van der Waals surface area contributed by atoms with Crippen LogP contribution in [0.3, 0.4) is 0 Å². The monoisotopic (exact) mass is 501 g/mol. The van der Waals surface area contributed by atoms with E-state index in [0.717, 1.165) is 57.8 Å². The summed E-state index contributed by atoms with van der Waals surface area (Å²) >= 11 is 0. The van der Waals surface area contributed by atoms with Gasteiger partial charge in [0, 0.05) is 24.9 Å². The predicted molar refractivity (Wildman–Crippen MR) is 129 cm³/mol. The van der Waals surface area contributed by atoms with Crippen molar-refractivity contribution in [2.24, 2.45) is 0 Å². The summed E-state index contributed by atoms with van der Waals surface area (Å²) in [6.45, 7) is 6.13. The van der Waals surface area contributed by atoms with Gasteiger partial charge in [-0.15, -0.1) is 0 Å². The third-order valence-electron chi connectivity index (χ3n) is 4.87. The molecule has 0 aliphatic rings. The molecular formula is C24H43N3O8. The van der Waals surface area contributed by atoms with Crippen molar-refractivity contribution in [2.45, 2.75) is 116 Å². The second-order valence-corrected chi connectivity index (χ2v) is 9.39. The second-order valence-electron chi connectivity index (χ2n) is 9.39. The average molecular weight is 502 g/mol. The third-order valence-corrected chi connectivity index (χ3v) is 4.87. The van der Waals surface area contributed by atoms with Crippen LogP contribution in [0.5, 0.6) is 0 Å². The van der Waals surface area contributed by atoms with Crippen molar-refractivity contribution in [3.05, 3.63) is 0 Å². The van der Waals surface area contributed by atoms with Crippen LogP contribution in [0.25, 0.3) is 0 Å². The fourth-order valence-corrected chi connectivity index (χ4v) is 3.26. The zero-order valence-electron chi connectivity index (χ0n) is 21.3. The van der Waals surface area contributed by atoms with E-state index in [1.807, 2.05) is 20.8 Å². The number of carbonyl (C=O) groups is 4. The molecule has 0 bridgehead atoms. The minimum atomic E-state index is -1.07. The number of nitrogens with one attached hydrogen (secondary N) is 3. The van der Waals surface area contributed by atoms with E-state index in [4.69, 9.17) is 14.7 Å². The van der Waals surface area contributed by atoms with Crippen LogP contribution in [0.2, 0.25) is 0 Å². The smallest absolute Gasteiger partial charge is 0.373 e. The highest BCUT2D eigenvalue weighted by atomic mass is 16.4. The van der Waals surface area contributed by atoms with Gasteiger partial charge in [-0.05, 0) is 40.0 Å².